The molecule has 2 unspecified atom stereocenters. The average molecular weight is 365 g/mol. The summed E-state index contributed by atoms with van der Waals surface area (Å²) in [4.78, 5) is 26.6. The molecular formula is C23H27NO3. The van der Waals surface area contributed by atoms with Crippen LogP contribution < -0.4 is 4.90 Å². The topological polar surface area (TPSA) is 57.6 Å². The molecule has 2 aromatic carbocycles. The summed E-state index contributed by atoms with van der Waals surface area (Å²) in [7, 11) is 0. The summed E-state index contributed by atoms with van der Waals surface area (Å²) in [5.41, 5.74) is 3.31. The quantitative estimate of drug-likeness (QED) is 0.795. The fourth-order valence-corrected chi connectivity index (χ4v) is 3.88. The van der Waals surface area contributed by atoms with Crippen molar-refractivity contribution in [3.8, 4) is 0 Å². The first-order valence-electron chi connectivity index (χ1n) is 9.72. The molecule has 3 rings (SSSR count). The van der Waals surface area contributed by atoms with Crippen LogP contribution >= 0.6 is 0 Å². The Hall–Kier alpha value is -2.62. The van der Waals surface area contributed by atoms with Gasteiger partial charge in [-0.3, -0.25) is 9.59 Å². The van der Waals surface area contributed by atoms with Crippen molar-refractivity contribution in [1.82, 2.24) is 0 Å². The Morgan fingerprint density at radius 3 is 2.52 bits per heavy atom. The van der Waals surface area contributed by atoms with Crippen molar-refractivity contribution in [2.45, 2.75) is 39.0 Å². The second-order valence-corrected chi connectivity index (χ2v) is 7.42. The summed E-state index contributed by atoms with van der Waals surface area (Å²) >= 11 is 0. The van der Waals surface area contributed by atoms with Gasteiger partial charge >= 0.3 is 5.97 Å². The van der Waals surface area contributed by atoms with Gasteiger partial charge in [-0.1, -0.05) is 55.5 Å². The second kappa shape index (κ2) is 8.85. The molecule has 1 N–H and O–H groups in total. The van der Waals surface area contributed by atoms with Crippen molar-refractivity contribution in [3.05, 3.63) is 65.7 Å². The third-order valence-corrected chi connectivity index (χ3v) is 5.41. The van der Waals surface area contributed by atoms with Crippen LogP contribution in [0, 0.1) is 11.8 Å². The number of para-hydroxylation sites is 1. The lowest BCUT2D eigenvalue weighted by molar-refractivity contribution is -0.142. The summed E-state index contributed by atoms with van der Waals surface area (Å²) in [6.45, 7) is 2.57. The first-order valence-corrected chi connectivity index (χ1v) is 9.72. The molecule has 4 nitrogen and oxygen atoms in total. The van der Waals surface area contributed by atoms with Crippen LogP contribution in [0.1, 0.15) is 37.3 Å². The van der Waals surface area contributed by atoms with E-state index in [-0.39, 0.29) is 11.8 Å². The lowest BCUT2D eigenvalue weighted by Gasteiger charge is -2.32. The van der Waals surface area contributed by atoms with Crippen LogP contribution in [0.4, 0.5) is 5.69 Å². The van der Waals surface area contributed by atoms with Crippen LogP contribution in [0.2, 0.25) is 0 Å². The highest BCUT2D eigenvalue weighted by Crippen LogP contribution is 2.29. The molecule has 1 aliphatic heterocycles. The molecule has 0 radical (unpaired) electrons. The fraction of sp³-hybridized carbons (Fsp3) is 0.391. The van der Waals surface area contributed by atoms with Crippen molar-refractivity contribution in [3.63, 3.8) is 0 Å². The first kappa shape index (κ1) is 19.2. The maximum absolute atomic E-state index is 13.0. The first-order chi connectivity index (χ1) is 13.1. The van der Waals surface area contributed by atoms with Crippen molar-refractivity contribution < 1.29 is 14.7 Å². The molecule has 1 heterocycles. The Morgan fingerprint density at radius 1 is 1.07 bits per heavy atom. The summed E-state index contributed by atoms with van der Waals surface area (Å²) in [5, 5.41) is 9.63. The molecule has 0 spiro atoms. The van der Waals surface area contributed by atoms with E-state index in [4.69, 9.17) is 0 Å². The molecule has 0 saturated heterocycles. The van der Waals surface area contributed by atoms with E-state index >= 15 is 0 Å². The van der Waals surface area contributed by atoms with Crippen LogP contribution in [-0.2, 0) is 22.4 Å². The number of amides is 1. The number of hydrogen-bond acceptors (Lipinski definition) is 2. The van der Waals surface area contributed by atoms with Crippen LogP contribution in [0.3, 0.4) is 0 Å². The summed E-state index contributed by atoms with van der Waals surface area (Å²) in [5.74, 6) is -1.60. The molecule has 0 aliphatic carbocycles. The van der Waals surface area contributed by atoms with Gasteiger partial charge < -0.3 is 10.0 Å². The van der Waals surface area contributed by atoms with E-state index in [1.54, 1.807) is 0 Å². The minimum atomic E-state index is -0.815. The molecule has 0 bridgehead atoms. The smallest absolute Gasteiger partial charge is 0.306 e. The highest BCUT2D eigenvalue weighted by Gasteiger charge is 2.29. The van der Waals surface area contributed by atoms with Gasteiger partial charge in [-0.15, -0.1) is 0 Å². The minimum absolute atomic E-state index is 0.0353. The van der Waals surface area contributed by atoms with Crippen molar-refractivity contribution in [2.24, 2.45) is 11.8 Å². The molecule has 142 valence electrons. The predicted octanol–water partition coefficient (Wildman–Crippen LogP) is 4.33. The van der Waals surface area contributed by atoms with Crippen LogP contribution in [0.25, 0.3) is 0 Å². The Kier molecular flexibility index (Phi) is 6.28. The van der Waals surface area contributed by atoms with E-state index < -0.39 is 11.9 Å². The van der Waals surface area contributed by atoms with E-state index in [1.165, 1.54) is 5.56 Å². The number of fused-ring (bicyclic) bond motifs is 1. The highest BCUT2D eigenvalue weighted by atomic mass is 16.4. The second-order valence-electron chi connectivity index (χ2n) is 7.42. The Bertz CT molecular complexity index is 787. The summed E-state index contributed by atoms with van der Waals surface area (Å²) in [6.07, 6.45) is 3.58. The Morgan fingerprint density at radius 2 is 1.78 bits per heavy atom. The number of anilines is 1. The lowest BCUT2D eigenvalue weighted by Crippen LogP contribution is -2.39. The molecule has 1 aliphatic rings. The molecule has 1 amide bonds. The van der Waals surface area contributed by atoms with Gasteiger partial charge in [0.2, 0.25) is 5.91 Å². The number of carboxylic acids is 1. The SMILES string of the molecule is CC(CC(CCc1ccccc1)C(=O)O)C(=O)N1CCCc2ccccc21. The van der Waals surface area contributed by atoms with Crippen molar-refractivity contribution in [2.75, 3.05) is 11.4 Å². The standard InChI is InChI=1S/C23H27NO3/c1-17(16-20(23(26)27)14-13-18-8-3-2-4-9-18)22(25)24-15-7-11-19-10-5-6-12-21(19)24/h2-6,8-10,12,17,20H,7,11,13-16H2,1H3,(H,26,27). The zero-order chi connectivity index (χ0) is 19.2. The monoisotopic (exact) mass is 365 g/mol. The zero-order valence-electron chi connectivity index (χ0n) is 15.8. The lowest BCUT2D eigenvalue weighted by atomic mass is 9.89. The van der Waals surface area contributed by atoms with Crippen molar-refractivity contribution >= 4 is 17.6 Å². The van der Waals surface area contributed by atoms with Crippen molar-refractivity contribution in [1.29, 1.82) is 0 Å². The van der Waals surface area contributed by atoms with E-state index in [0.717, 1.165) is 24.1 Å². The molecule has 2 atom stereocenters. The van der Waals surface area contributed by atoms with E-state index in [9.17, 15) is 14.7 Å². The molecule has 4 heteroatoms. The van der Waals surface area contributed by atoms with Gasteiger partial charge in [0.15, 0.2) is 0 Å². The van der Waals surface area contributed by atoms with Gasteiger partial charge in [-0.25, -0.2) is 0 Å². The molecule has 0 fully saturated rings. The Balaban J connectivity index is 1.64. The number of benzene rings is 2. The van der Waals surface area contributed by atoms with Gasteiger partial charge in [-0.05, 0) is 49.3 Å². The molecular weight excluding hydrogens is 338 g/mol. The largest absolute Gasteiger partial charge is 0.481 e. The third-order valence-electron chi connectivity index (χ3n) is 5.41. The van der Waals surface area contributed by atoms with E-state index in [2.05, 4.69) is 6.07 Å². The number of carbonyl (C=O) groups excluding carboxylic acids is 1. The Labute approximate surface area is 160 Å². The van der Waals surface area contributed by atoms with Gasteiger partial charge in [0.1, 0.15) is 0 Å². The average Bonchev–Trinajstić information content (AvgIpc) is 2.70. The van der Waals surface area contributed by atoms with Crippen LogP contribution in [0.15, 0.2) is 54.6 Å². The number of aryl methyl sites for hydroxylation is 2. The van der Waals surface area contributed by atoms with Gasteiger partial charge in [0.05, 0.1) is 5.92 Å². The van der Waals surface area contributed by atoms with Gasteiger partial charge in [-0.2, -0.15) is 0 Å². The molecule has 0 aromatic heterocycles. The minimum Gasteiger partial charge on any atom is -0.481 e. The van der Waals surface area contributed by atoms with E-state index in [1.807, 2.05) is 60.4 Å². The van der Waals surface area contributed by atoms with Crippen LogP contribution in [0.5, 0.6) is 0 Å². The molecule has 27 heavy (non-hydrogen) atoms. The highest BCUT2D eigenvalue weighted by molar-refractivity contribution is 5.96. The summed E-state index contributed by atoms with van der Waals surface area (Å²) < 4.78 is 0. The number of hydrogen-bond donors (Lipinski definition) is 1. The normalized spacial score (nSPS) is 15.7. The summed E-state index contributed by atoms with van der Waals surface area (Å²) in [6, 6.07) is 17.9. The maximum Gasteiger partial charge on any atom is 0.306 e. The number of nitrogens with zero attached hydrogens (tertiary/aromatic N) is 1. The van der Waals surface area contributed by atoms with Gasteiger partial charge in [0, 0.05) is 18.2 Å². The van der Waals surface area contributed by atoms with Gasteiger partial charge in [0.25, 0.3) is 0 Å². The number of rotatable bonds is 7. The van der Waals surface area contributed by atoms with E-state index in [0.29, 0.717) is 25.8 Å². The maximum atomic E-state index is 13.0. The third kappa shape index (κ3) is 4.76. The number of carboxylic acid groups (broad SMARTS) is 1. The predicted molar refractivity (Wildman–Crippen MR) is 107 cm³/mol. The molecule has 0 saturated carbocycles. The van der Waals surface area contributed by atoms with Crippen LogP contribution in [-0.4, -0.2) is 23.5 Å². The number of carbonyl (C=O) groups is 2. The zero-order valence-corrected chi connectivity index (χ0v) is 15.8. The molecule has 2 aromatic rings. The number of aliphatic carboxylic acids is 1. The fourth-order valence-electron chi connectivity index (χ4n) is 3.88.